The molecule has 0 amide bonds. The Morgan fingerprint density at radius 2 is 1.76 bits per heavy atom. The van der Waals surface area contributed by atoms with Gasteiger partial charge in [0, 0.05) is 17.5 Å². The number of carbonyl (C=O) groups is 3. The van der Waals surface area contributed by atoms with E-state index in [-0.39, 0.29) is 17.9 Å². The lowest BCUT2D eigenvalue weighted by Crippen LogP contribution is -2.25. The highest BCUT2D eigenvalue weighted by Crippen LogP contribution is 2.28. The molecule has 38 heavy (non-hydrogen) atoms. The predicted molar refractivity (Wildman–Crippen MR) is 141 cm³/mol. The maximum absolute atomic E-state index is 13.4. The molecule has 0 spiro atoms. The number of esters is 2. The average molecular weight is 516 g/mol. The van der Waals surface area contributed by atoms with Crippen LogP contribution in [0.15, 0.2) is 60.8 Å². The zero-order valence-electron chi connectivity index (χ0n) is 21.9. The molecule has 0 aliphatic rings. The van der Waals surface area contributed by atoms with Gasteiger partial charge in [-0.25, -0.2) is 14.3 Å². The van der Waals surface area contributed by atoms with Gasteiger partial charge < -0.3 is 19.2 Å². The number of H-pyrrole nitrogens is 1. The Morgan fingerprint density at radius 3 is 2.45 bits per heavy atom. The van der Waals surface area contributed by atoms with Crippen molar-refractivity contribution in [1.29, 1.82) is 0 Å². The van der Waals surface area contributed by atoms with Gasteiger partial charge in [0.05, 0.1) is 30.7 Å². The van der Waals surface area contributed by atoms with Crippen molar-refractivity contribution in [1.82, 2.24) is 14.8 Å². The van der Waals surface area contributed by atoms with Crippen LogP contribution in [0, 0.1) is 13.8 Å². The molecule has 0 fully saturated rings. The summed E-state index contributed by atoms with van der Waals surface area (Å²) in [4.78, 5) is 41.9. The van der Waals surface area contributed by atoms with Crippen molar-refractivity contribution >= 4 is 17.7 Å². The van der Waals surface area contributed by atoms with Crippen LogP contribution >= 0.6 is 0 Å². The summed E-state index contributed by atoms with van der Waals surface area (Å²) in [6.45, 7) is 6.76. The SMILES string of the molecule is CCOC(=O)c1c(C)[nH]c(C(=O)C(C)OC(=O)c2cn(-c3ccccc3)nc2-c2cccc(OC)c2)c1C. The lowest BCUT2D eigenvalue weighted by atomic mass is 10.1. The van der Waals surface area contributed by atoms with Gasteiger partial charge in [-0.2, -0.15) is 5.10 Å². The summed E-state index contributed by atoms with van der Waals surface area (Å²) in [6.07, 6.45) is 0.444. The first-order valence-corrected chi connectivity index (χ1v) is 12.2. The van der Waals surface area contributed by atoms with E-state index in [1.807, 2.05) is 36.4 Å². The summed E-state index contributed by atoms with van der Waals surface area (Å²) in [6, 6.07) is 16.5. The number of ether oxygens (including phenoxy) is 3. The number of nitrogens with one attached hydrogen (secondary N) is 1. The van der Waals surface area contributed by atoms with Crippen LogP contribution in [0.1, 0.15) is 56.3 Å². The highest BCUT2D eigenvalue weighted by molar-refractivity contribution is 6.05. The summed E-state index contributed by atoms with van der Waals surface area (Å²) >= 11 is 0. The third kappa shape index (κ3) is 5.22. The van der Waals surface area contributed by atoms with Gasteiger partial charge in [0.1, 0.15) is 17.0 Å². The number of rotatable bonds is 9. The summed E-state index contributed by atoms with van der Waals surface area (Å²) in [7, 11) is 1.56. The molecule has 1 unspecified atom stereocenters. The number of Topliss-reactive ketones (excluding diaryl/α,β-unsaturated/α-hetero) is 1. The molecule has 1 N–H and O–H groups in total. The fourth-order valence-corrected chi connectivity index (χ4v) is 4.21. The molecule has 9 nitrogen and oxygen atoms in total. The predicted octanol–water partition coefficient (Wildman–Crippen LogP) is 5.10. The van der Waals surface area contributed by atoms with Gasteiger partial charge in [-0.3, -0.25) is 4.79 Å². The Bertz CT molecular complexity index is 1490. The molecule has 0 bridgehead atoms. The van der Waals surface area contributed by atoms with Crippen LogP contribution in [0.25, 0.3) is 16.9 Å². The van der Waals surface area contributed by atoms with Crippen molar-refractivity contribution in [2.45, 2.75) is 33.8 Å². The second kappa shape index (κ2) is 11.2. The number of aryl methyl sites for hydroxylation is 1. The second-order valence-corrected chi connectivity index (χ2v) is 8.66. The molecule has 0 radical (unpaired) electrons. The minimum absolute atomic E-state index is 0.188. The third-order valence-electron chi connectivity index (χ3n) is 6.11. The van der Waals surface area contributed by atoms with Crippen LogP contribution in [0.2, 0.25) is 0 Å². The van der Waals surface area contributed by atoms with Gasteiger partial charge in [0.2, 0.25) is 5.78 Å². The van der Waals surface area contributed by atoms with Crippen molar-refractivity contribution in [2.75, 3.05) is 13.7 Å². The minimum Gasteiger partial charge on any atom is -0.497 e. The number of aromatic amines is 1. The van der Waals surface area contributed by atoms with E-state index in [0.717, 1.165) is 5.69 Å². The van der Waals surface area contributed by atoms with Gasteiger partial charge in [-0.15, -0.1) is 0 Å². The minimum atomic E-state index is -1.13. The van der Waals surface area contributed by atoms with E-state index in [0.29, 0.717) is 33.8 Å². The lowest BCUT2D eigenvalue weighted by Gasteiger charge is -2.12. The second-order valence-electron chi connectivity index (χ2n) is 8.66. The number of carbonyl (C=O) groups excluding carboxylic acids is 3. The number of nitrogens with zero attached hydrogens (tertiary/aromatic N) is 2. The average Bonchev–Trinajstić information content (AvgIpc) is 3.50. The first-order valence-electron chi connectivity index (χ1n) is 12.2. The van der Waals surface area contributed by atoms with Crippen molar-refractivity contribution in [2.24, 2.45) is 0 Å². The molecule has 2 heterocycles. The normalized spacial score (nSPS) is 11.6. The summed E-state index contributed by atoms with van der Waals surface area (Å²) < 4.78 is 17.6. The topological polar surface area (TPSA) is 113 Å². The van der Waals surface area contributed by atoms with E-state index in [2.05, 4.69) is 10.1 Å². The molecule has 2 aromatic heterocycles. The zero-order valence-corrected chi connectivity index (χ0v) is 21.9. The van der Waals surface area contributed by atoms with Crippen LogP contribution in [0.4, 0.5) is 0 Å². The Labute approximate surface area is 220 Å². The van der Waals surface area contributed by atoms with Crippen LogP contribution < -0.4 is 4.74 Å². The molecule has 0 aliphatic heterocycles. The third-order valence-corrected chi connectivity index (χ3v) is 6.11. The summed E-state index contributed by atoms with van der Waals surface area (Å²) in [5.74, 6) is -1.08. The molecular weight excluding hydrogens is 486 g/mol. The molecule has 9 heteroatoms. The van der Waals surface area contributed by atoms with Crippen LogP contribution in [0.5, 0.6) is 5.75 Å². The van der Waals surface area contributed by atoms with Crippen LogP contribution in [-0.2, 0) is 9.47 Å². The molecule has 1 atom stereocenters. The largest absolute Gasteiger partial charge is 0.497 e. The quantitative estimate of drug-likeness (QED) is 0.244. The standard InChI is InChI=1S/C29H29N3O6/c1-6-37-29(35)24-17(2)25(30-18(24)3)27(33)19(4)38-28(34)23-16-32(21-12-8-7-9-13-21)31-26(23)20-11-10-14-22(15-20)36-5/h7-16,19,30H,6H2,1-5H3. The fraction of sp³-hybridized carbons (Fsp3) is 0.241. The monoisotopic (exact) mass is 515 g/mol. The van der Waals surface area contributed by atoms with E-state index in [1.165, 1.54) is 6.92 Å². The van der Waals surface area contributed by atoms with Crippen molar-refractivity contribution < 1.29 is 28.6 Å². The molecule has 4 rings (SSSR count). The van der Waals surface area contributed by atoms with E-state index >= 15 is 0 Å². The first kappa shape index (κ1) is 26.4. The first-order chi connectivity index (χ1) is 18.2. The molecule has 0 aliphatic carbocycles. The van der Waals surface area contributed by atoms with E-state index in [1.54, 1.807) is 57.0 Å². The van der Waals surface area contributed by atoms with Gasteiger partial charge in [0.15, 0.2) is 6.10 Å². The lowest BCUT2D eigenvalue weighted by molar-refractivity contribution is 0.0317. The maximum atomic E-state index is 13.4. The van der Waals surface area contributed by atoms with Crippen molar-refractivity contribution in [3.63, 3.8) is 0 Å². The van der Waals surface area contributed by atoms with E-state index in [9.17, 15) is 14.4 Å². The Kier molecular flexibility index (Phi) is 7.76. The number of hydrogen-bond donors (Lipinski definition) is 1. The Balaban J connectivity index is 1.65. The smallest absolute Gasteiger partial charge is 0.342 e. The van der Waals surface area contributed by atoms with E-state index in [4.69, 9.17) is 14.2 Å². The van der Waals surface area contributed by atoms with E-state index < -0.39 is 23.8 Å². The van der Waals surface area contributed by atoms with Gasteiger partial charge in [0.25, 0.3) is 0 Å². The van der Waals surface area contributed by atoms with Crippen molar-refractivity contribution in [3.8, 4) is 22.7 Å². The number of aromatic nitrogens is 3. The summed E-state index contributed by atoms with van der Waals surface area (Å²) in [5, 5.41) is 4.64. The number of methoxy groups -OCH3 is 1. The number of benzene rings is 2. The number of ketones is 1. The molecule has 0 saturated carbocycles. The molecule has 4 aromatic rings. The van der Waals surface area contributed by atoms with Crippen LogP contribution in [0.3, 0.4) is 0 Å². The Morgan fingerprint density at radius 1 is 1.03 bits per heavy atom. The van der Waals surface area contributed by atoms with Crippen molar-refractivity contribution in [3.05, 3.63) is 88.9 Å². The zero-order chi connectivity index (χ0) is 27.4. The molecule has 0 saturated heterocycles. The van der Waals surface area contributed by atoms with Gasteiger partial charge in [-0.05, 0) is 57.5 Å². The molecular formula is C29H29N3O6. The van der Waals surface area contributed by atoms with Gasteiger partial charge >= 0.3 is 11.9 Å². The fourth-order valence-electron chi connectivity index (χ4n) is 4.21. The molecule has 2 aromatic carbocycles. The highest BCUT2D eigenvalue weighted by Gasteiger charge is 2.29. The Hall–Kier alpha value is -4.66. The number of hydrogen-bond acceptors (Lipinski definition) is 7. The summed E-state index contributed by atoms with van der Waals surface area (Å²) in [5.41, 5.74) is 3.43. The number of para-hydroxylation sites is 1. The molecule has 196 valence electrons. The highest BCUT2D eigenvalue weighted by atomic mass is 16.5. The van der Waals surface area contributed by atoms with Crippen LogP contribution in [-0.4, -0.2) is 52.3 Å². The maximum Gasteiger partial charge on any atom is 0.342 e. The van der Waals surface area contributed by atoms with Gasteiger partial charge in [-0.1, -0.05) is 30.3 Å².